The third-order valence-corrected chi connectivity index (χ3v) is 5.84. The number of hydrogen-bond donors (Lipinski definition) is 1. The highest BCUT2D eigenvalue weighted by Gasteiger charge is 2.34. The SMILES string of the molecule is CCCNC(=O)N(Cc1c(C)nn(-c2ccc(Cl)cc2)c1Oc1ccccc1OC)C1CC1. The number of carbonyl (C=O) groups is 1. The van der Waals surface area contributed by atoms with Crippen LogP contribution in [-0.4, -0.2) is 40.4 Å². The van der Waals surface area contributed by atoms with Gasteiger partial charge in [0.25, 0.3) is 0 Å². The first kappa shape index (κ1) is 23.0. The Hall–Kier alpha value is -3.19. The van der Waals surface area contributed by atoms with Crippen molar-refractivity contribution in [2.75, 3.05) is 13.7 Å². The van der Waals surface area contributed by atoms with Crippen molar-refractivity contribution in [2.24, 2.45) is 0 Å². The van der Waals surface area contributed by atoms with Crippen LogP contribution in [0, 0.1) is 6.92 Å². The van der Waals surface area contributed by atoms with E-state index in [1.165, 1.54) is 0 Å². The zero-order chi connectivity index (χ0) is 23.4. The minimum absolute atomic E-state index is 0.0544. The molecule has 8 heteroatoms. The van der Waals surface area contributed by atoms with Crippen LogP contribution in [0.1, 0.15) is 37.4 Å². The number of para-hydroxylation sites is 2. The van der Waals surface area contributed by atoms with Crippen molar-refractivity contribution in [2.45, 2.75) is 45.7 Å². The molecule has 174 valence electrons. The lowest BCUT2D eigenvalue weighted by Gasteiger charge is -2.23. The number of aromatic nitrogens is 2. The minimum Gasteiger partial charge on any atom is -0.493 e. The van der Waals surface area contributed by atoms with Gasteiger partial charge in [-0.3, -0.25) is 0 Å². The van der Waals surface area contributed by atoms with Crippen molar-refractivity contribution in [3.05, 3.63) is 64.8 Å². The molecule has 1 heterocycles. The second kappa shape index (κ2) is 10.2. The number of rotatable bonds is 9. The van der Waals surface area contributed by atoms with E-state index in [-0.39, 0.29) is 12.1 Å². The highest BCUT2D eigenvalue weighted by molar-refractivity contribution is 6.30. The fraction of sp³-hybridized carbons (Fsp3) is 0.360. The molecule has 2 amide bonds. The summed E-state index contributed by atoms with van der Waals surface area (Å²) in [5.41, 5.74) is 2.46. The predicted molar refractivity (Wildman–Crippen MR) is 129 cm³/mol. The molecule has 0 saturated heterocycles. The average Bonchev–Trinajstić information content (AvgIpc) is 3.62. The summed E-state index contributed by atoms with van der Waals surface area (Å²) in [6, 6.07) is 15.1. The minimum atomic E-state index is -0.0544. The van der Waals surface area contributed by atoms with E-state index in [0.29, 0.717) is 35.5 Å². The molecule has 2 aromatic carbocycles. The summed E-state index contributed by atoms with van der Waals surface area (Å²) in [4.78, 5) is 14.8. The summed E-state index contributed by atoms with van der Waals surface area (Å²) in [6.07, 6.45) is 2.90. The van der Waals surface area contributed by atoms with Crippen LogP contribution >= 0.6 is 11.6 Å². The average molecular weight is 469 g/mol. The van der Waals surface area contributed by atoms with Gasteiger partial charge in [0.05, 0.1) is 30.6 Å². The molecule has 1 saturated carbocycles. The Kier molecular flexibility index (Phi) is 7.08. The molecule has 0 radical (unpaired) electrons. The van der Waals surface area contributed by atoms with Gasteiger partial charge < -0.3 is 19.7 Å². The van der Waals surface area contributed by atoms with E-state index < -0.39 is 0 Å². The van der Waals surface area contributed by atoms with Gasteiger partial charge in [-0.05, 0) is 62.6 Å². The van der Waals surface area contributed by atoms with E-state index in [4.69, 9.17) is 26.2 Å². The lowest BCUT2D eigenvalue weighted by atomic mass is 10.2. The monoisotopic (exact) mass is 468 g/mol. The molecule has 4 rings (SSSR count). The Balaban J connectivity index is 1.75. The lowest BCUT2D eigenvalue weighted by molar-refractivity contribution is 0.191. The molecule has 1 fully saturated rings. The normalized spacial score (nSPS) is 13.0. The summed E-state index contributed by atoms with van der Waals surface area (Å²) >= 11 is 6.10. The van der Waals surface area contributed by atoms with Crippen LogP contribution in [0.3, 0.4) is 0 Å². The van der Waals surface area contributed by atoms with E-state index >= 15 is 0 Å². The Bertz CT molecular complexity index is 1110. The number of amides is 2. The summed E-state index contributed by atoms with van der Waals surface area (Å²) in [6.45, 7) is 5.03. The standard InChI is InChI=1S/C25H29ClN4O3/c1-4-15-27-25(31)29(19-13-14-19)16-21-17(2)28-30(20-11-9-18(26)10-12-20)24(21)33-23-8-6-5-7-22(23)32-3/h5-12,19H,4,13-16H2,1-3H3,(H,27,31). The second-order valence-corrected chi connectivity index (χ2v) is 8.54. The van der Waals surface area contributed by atoms with Gasteiger partial charge in [-0.2, -0.15) is 5.10 Å². The van der Waals surface area contributed by atoms with E-state index in [1.807, 2.05) is 67.3 Å². The van der Waals surface area contributed by atoms with Gasteiger partial charge in [0.1, 0.15) is 0 Å². The molecule has 33 heavy (non-hydrogen) atoms. The van der Waals surface area contributed by atoms with Crippen molar-refractivity contribution < 1.29 is 14.3 Å². The van der Waals surface area contributed by atoms with Crippen molar-refractivity contribution in [3.8, 4) is 23.1 Å². The van der Waals surface area contributed by atoms with Crippen LogP contribution in [0.2, 0.25) is 5.02 Å². The molecule has 1 aliphatic carbocycles. The van der Waals surface area contributed by atoms with Gasteiger partial charge in [0.15, 0.2) is 11.5 Å². The van der Waals surface area contributed by atoms with Crippen LogP contribution in [0.15, 0.2) is 48.5 Å². The Morgan fingerprint density at radius 3 is 2.52 bits per heavy atom. The van der Waals surface area contributed by atoms with Crippen LogP contribution < -0.4 is 14.8 Å². The molecule has 1 aromatic heterocycles. The quantitative estimate of drug-likeness (QED) is 0.436. The molecule has 0 unspecified atom stereocenters. The number of hydrogen-bond acceptors (Lipinski definition) is 4. The maximum atomic E-state index is 12.9. The number of carbonyl (C=O) groups excluding carboxylic acids is 1. The molecular weight excluding hydrogens is 440 g/mol. The van der Waals surface area contributed by atoms with E-state index in [9.17, 15) is 4.79 Å². The van der Waals surface area contributed by atoms with Gasteiger partial charge in [-0.15, -0.1) is 0 Å². The number of ether oxygens (including phenoxy) is 2. The molecule has 1 N–H and O–H groups in total. The number of methoxy groups -OCH3 is 1. The topological polar surface area (TPSA) is 68.6 Å². The summed E-state index contributed by atoms with van der Waals surface area (Å²) in [7, 11) is 1.61. The van der Waals surface area contributed by atoms with Crippen LogP contribution in [-0.2, 0) is 6.54 Å². The fourth-order valence-corrected chi connectivity index (χ4v) is 3.77. The Labute approximate surface area is 199 Å². The van der Waals surface area contributed by atoms with Crippen molar-refractivity contribution in [1.29, 1.82) is 0 Å². The molecule has 1 aliphatic rings. The number of nitrogens with one attached hydrogen (secondary N) is 1. The third-order valence-electron chi connectivity index (χ3n) is 5.59. The fourth-order valence-electron chi connectivity index (χ4n) is 3.65. The Morgan fingerprint density at radius 1 is 1.18 bits per heavy atom. The molecule has 0 bridgehead atoms. The number of nitrogens with zero attached hydrogens (tertiary/aromatic N) is 3. The summed E-state index contributed by atoms with van der Waals surface area (Å²) < 4.78 is 13.7. The predicted octanol–water partition coefficient (Wildman–Crippen LogP) is 5.72. The molecule has 3 aromatic rings. The van der Waals surface area contributed by atoms with Crippen molar-refractivity contribution >= 4 is 17.6 Å². The smallest absolute Gasteiger partial charge is 0.317 e. The largest absolute Gasteiger partial charge is 0.493 e. The number of benzene rings is 2. The molecule has 0 spiro atoms. The highest BCUT2D eigenvalue weighted by atomic mass is 35.5. The van der Waals surface area contributed by atoms with Crippen LogP contribution in [0.5, 0.6) is 17.4 Å². The summed E-state index contributed by atoms with van der Waals surface area (Å²) in [5, 5.41) is 8.42. The van der Waals surface area contributed by atoms with Gasteiger partial charge in [0, 0.05) is 17.6 Å². The van der Waals surface area contributed by atoms with Crippen molar-refractivity contribution in [3.63, 3.8) is 0 Å². The van der Waals surface area contributed by atoms with Crippen LogP contribution in [0.25, 0.3) is 5.69 Å². The lowest BCUT2D eigenvalue weighted by Crippen LogP contribution is -2.41. The number of aryl methyl sites for hydroxylation is 1. The molecule has 0 aliphatic heterocycles. The number of urea groups is 1. The number of halogens is 1. The van der Waals surface area contributed by atoms with E-state index in [0.717, 1.165) is 36.2 Å². The van der Waals surface area contributed by atoms with Gasteiger partial charge in [-0.25, -0.2) is 9.48 Å². The zero-order valence-corrected chi connectivity index (χ0v) is 19.9. The Morgan fingerprint density at radius 2 is 1.88 bits per heavy atom. The van der Waals surface area contributed by atoms with E-state index in [1.54, 1.807) is 11.8 Å². The maximum absolute atomic E-state index is 12.9. The first-order valence-electron chi connectivity index (χ1n) is 11.2. The van der Waals surface area contributed by atoms with Gasteiger partial charge in [-0.1, -0.05) is 30.7 Å². The van der Waals surface area contributed by atoms with E-state index in [2.05, 4.69) is 5.32 Å². The second-order valence-electron chi connectivity index (χ2n) is 8.10. The van der Waals surface area contributed by atoms with Gasteiger partial charge in [0.2, 0.25) is 5.88 Å². The third kappa shape index (κ3) is 5.25. The van der Waals surface area contributed by atoms with Crippen LogP contribution in [0.4, 0.5) is 4.79 Å². The summed E-state index contributed by atoms with van der Waals surface area (Å²) in [5.74, 6) is 1.74. The molecule has 7 nitrogen and oxygen atoms in total. The first-order chi connectivity index (χ1) is 16.0. The molecule has 0 atom stereocenters. The zero-order valence-electron chi connectivity index (χ0n) is 19.2. The first-order valence-corrected chi connectivity index (χ1v) is 11.6. The van der Waals surface area contributed by atoms with Gasteiger partial charge >= 0.3 is 6.03 Å². The maximum Gasteiger partial charge on any atom is 0.317 e. The van der Waals surface area contributed by atoms with Crippen molar-refractivity contribution in [1.82, 2.24) is 20.0 Å². The molecular formula is C25H29ClN4O3. The highest BCUT2D eigenvalue weighted by Crippen LogP contribution is 2.37.